The molecule has 0 aliphatic carbocycles. The molecule has 31 heavy (non-hydrogen) atoms. The highest BCUT2D eigenvalue weighted by atomic mass is 16.3. The van der Waals surface area contributed by atoms with E-state index in [0.717, 1.165) is 20.9 Å². The summed E-state index contributed by atoms with van der Waals surface area (Å²) < 4.78 is 3.68. The largest absolute Gasteiger partial charge is 0.388 e. The molecule has 0 saturated carbocycles. The molecule has 4 aromatic rings. The van der Waals surface area contributed by atoms with Crippen LogP contribution in [0.4, 0.5) is 0 Å². The highest BCUT2D eigenvalue weighted by Gasteiger charge is 2.16. The maximum Gasteiger partial charge on any atom is 0.332 e. The first-order chi connectivity index (χ1) is 14.9. The van der Waals surface area contributed by atoms with E-state index < -0.39 is 17.4 Å². The maximum absolute atomic E-state index is 12.5. The second-order valence-electron chi connectivity index (χ2n) is 7.47. The Hall–Kier alpha value is -3.72. The van der Waals surface area contributed by atoms with Crippen LogP contribution < -0.4 is 16.6 Å². The molecule has 0 fully saturated rings. The van der Waals surface area contributed by atoms with E-state index in [1.54, 1.807) is 0 Å². The Labute approximate surface area is 177 Å². The first-order valence-electron chi connectivity index (χ1n) is 9.91. The molecule has 0 saturated heterocycles. The Balaban J connectivity index is 1.43. The molecule has 9 heteroatoms. The molecule has 9 nitrogen and oxygen atoms in total. The minimum Gasteiger partial charge on any atom is -0.388 e. The van der Waals surface area contributed by atoms with Gasteiger partial charge in [0.25, 0.3) is 5.56 Å². The molecule has 0 bridgehead atoms. The molecular weight excluding hydrogens is 398 g/mol. The summed E-state index contributed by atoms with van der Waals surface area (Å²) in [5.74, 6) is -0.319. The summed E-state index contributed by atoms with van der Waals surface area (Å²) in [6, 6.07) is 13.6. The number of carbonyl (C=O) groups excluding carboxylic acids is 1. The zero-order valence-electron chi connectivity index (χ0n) is 17.3. The first kappa shape index (κ1) is 20.5. The number of rotatable bonds is 6. The minimum absolute atomic E-state index is 0.117. The zero-order valence-corrected chi connectivity index (χ0v) is 17.3. The third-order valence-electron chi connectivity index (χ3n) is 5.45. The highest BCUT2D eigenvalue weighted by Crippen LogP contribution is 2.25. The Morgan fingerprint density at radius 1 is 1.10 bits per heavy atom. The lowest BCUT2D eigenvalue weighted by atomic mass is 9.99. The lowest BCUT2D eigenvalue weighted by Crippen LogP contribution is -2.38. The number of carbonyl (C=O) groups is 1. The van der Waals surface area contributed by atoms with Crippen LogP contribution in [0.25, 0.3) is 21.9 Å². The van der Waals surface area contributed by atoms with Crippen LogP contribution in [0, 0.1) is 0 Å². The summed E-state index contributed by atoms with van der Waals surface area (Å²) in [5.41, 5.74) is 0.254. The van der Waals surface area contributed by atoms with Crippen molar-refractivity contribution in [2.45, 2.75) is 19.1 Å². The van der Waals surface area contributed by atoms with Crippen molar-refractivity contribution in [2.75, 3.05) is 6.54 Å². The lowest BCUT2D eigenvalue weighted by molar-refractivity contribution is -0.121. The molecule has 2 heterocycles. The van der Waals surface area contributed by atoms with Crippen molar-refractivity contribution < 1.29 is 9.90 Å². The number of aliphatic hydroxyl groups excluding tert-OH is 1. The third-order valence-corrected chi connectivity index (χ3v) is 5.45. The fraction of sp³-hybridized carbons (Fsp3) is 0.273. The molecule has 2 aromatic heterocycles. The fourth-order valence-corrected chi connectivity index (χ4v) is 3.77. The van der Waals surface area contributed by atoms with Crippen LogP contribution in [0.15, 0.2) is 58.4 Å². The van der Waals surface area contributed by atoms with Gasteiger partial charge < -0.3 is 15.0 Å². The number of hydrogen-bond acceptors (Lipinski definition) is 5. The van der Waals surface area contributed by atoms with Crippen LogP contribution in [-0.2, 0) is 25.4 Å². The molecule has 1 amide bonds. The lowest BCUT2D eigenvalue weighted by Gasteiger charge is -2.14. The Morgan fingerprint density at radius 2 is 1.84 bits per heavy atom. The maximum atomic E-state index is 12.5. The molecule has 2 N–H and O–H groups in total. The summed E-state index contributed by atoms with van der Waals surface area (Å²) in [5, 5.41) is 15.4. The molecule has 0 spiro atoms. The van der Waals surface area contributed by atoms with Gasteiger partial charge in [-0.05, 0) is 22.8 Å². The topological polar surface area (TPSA) is 111 Å². The molecule has 0 radical (unpaired) electrons. The van der Waals surface area contributed by atoms with E-state index in [0.29, 0.717) is 6.42 Å². The van der Waals surface area contributed by atoms with Crippen LogP contribution in [0.1, 0.15) is 18.1 Å². The minimum atomic E-state index is -0.720. The number of aromatic nitrogens is 4. The van der Waals surface area contributed by atoms with Crippen LogP contribution >= 0.6 is 0 Å². The van der Waals surface area contributed by atoms with Crippen molar-refractivity contribution in [3.8, 4) is 0 Å². The molecule has 2 aromatic carbocycles. The van der Waals surface area contributed by atoms with Crippen LogP contribution in [-0.4, -0.2) is 36.2 Å². The van der Waals surface area contributed by atoms with Gasteiger partial charge in [-0.1, -0.05) is 42.5 Å². The molecule has 0 aliphatic heterocycles. The van der Waals surface area contributed by atoms with Gasteiger partial charge in [-0.25, -0.2) is 9.78 Å². The molecule has 1 atom stereocenters. The number of nitrogens with zero attached hydrogens (tertiary/aromatic N) is 4. The van der Waals surface area contributed by atoms with Crippen molar-refractivity contribution in [1.29, 1.82) is 0 Å². The van der Waals surface area contributed by atoms with Crippen molar-refractivity contribution in [2.24, 2.45) is 14.1 Å². The number of aliphatic hydroxyl groups is 1. The van der Waals surface area contributed by atoms with Gasteiger partial charge in [-0.3, -0.25) is 18.7 Å². The summed E-state index contributed by atoms with van der Waals surface area (Å²) in [4.78, 5) is 41.0. The van der Waals surface area contributed by atoms with E-state index >= 15 is 0 Å². The summed E-state index contributed by atoms with van der Waals surface area (Å²) in [7, 11) is 2.91. The van der Waals surface area contributed by atoms with E-state index in [2.05, 4.69) is 10.3 Å². The molecule has 0 aliphatic rings. The molecule has 4 rings (SSSR count). The SMILES string of the molecule is Cn1c(=O)c2c(ncn2CC(=O)NCCC(O)c2cccc3ccccc23)n(C)c1=O. The molecular formula is C22H23N5O4. The number of benzene rings is 2. The van der Waals surface area contributed by atoms with Crippen molar-refractivity contribution in [1.82, 2.24) is 24.0 Å². The first-order valence-corrected chi connectivity index (χ1v) is 9.91. The highest BCUT2D eigenvalue weighted by molar-refractivity contribution is 5.86. The number of nitrogens with one attached hydrogen (secondary N) is 1. The second-order valence-corrected chi connectivity index (χ2v) is 7.47. The van der Waals surface area contributed by atoms with E-state index in [1.165, 1.54) is 29.6 Å². The summed E-state index contributed by atoms with van der Waals surface area (Å²) >= 11 is 0. The van der Waals surface area contributed by atoms with Crippen molar-refractivity contribution >= 4 is 27.8 Å². The fourth-order valence-electron chi connectivity index (χ4n) is 3.77. The van der Waals surface area contributed by atoms with Gasteiger partial charge in [0.05, 0.1) is 12.4 Å². The predicted octanol–water partition coefficient (Wildman–Crippen LogP) is 0.827. The normalized spacial score (nSPS) is 12.4. The van der Waals surface area contributed by atoms with Gasteiger partial charge >= 0.3 is 5.69 Å². The van der Waals surface area contributed by atoms with Gasteiger partial charge in [0.2, 0.25) is 5.91 Å². The third kappa shape index (κ3) is 3.75. The summed E-state index contributed by atoms with van der Waals surface area (Å²) in [6.07, 6.45) is 0.999. The van der Waals surface area contributed by atoms with Gasteiger partial charge in [0.1, 0.15) is 6.54 Å². The Morgan fingerprint density at radius 3 is 2.65 bits per heavy atom. The number of amides is 1. The van der Waals surface area contributed by atoms with Crippen molar-refractivity contribution in [3.63, 3.8) is 0 Å². The monoisotopic (exact) mass is 421 g/mol. The predicted molar refractivity (Wildman–Crippen MR) is 117 cm³/mol. The zero-order chi connectivity index (χ0) is 22.1. The number of imidazole rings is 1. The van der Waals surface area contributed by atoms with Crippen LogP contribution in [0.3, 0.4) is 0 Å². The van der Waals surface area contributed by atoms with E-state index in [1.807, 2.05) is 42.5 Å². The smallest absolute Gasteiger partial charge is 0.332 e. The van der Waals surface area contributed by atoms with Gasteiger partial charge in [0.15, 0.2) is 11.2 Å². The average molecular weight is 421 g/mol. The molecule has 160 valence electrons. The van der Waals surface area contributed by atoms with Crippen molar-refractivity contribution in [3.05, 3.63) is 75.2 Å². The van der Waals surface area contributed by atoms with Gasteiger partial charge in [0, 0.05) is 20.6 Å². The quantitative estimate of drug-likeness (QED) is 0.479. The van der Waals surface area contributed by atoms with Gasteiger partial charge in [-0.2, -0.15) is 0 Å². The number of aryl methyl sites for hydroxylation is 1. The number of hydrogen-bond donors (Lipinski definition) is 2. The average Bonchev–Trinajstić information content (AvgIpc) is 3.19. The number of fused-ring (bicyclic) bond motifs is 2. The second kappa shape index (κ2) is 8.19. The van der Waals surface area contributed by atoms with E-state index in [4.69, 9.17) is 0 Å². The molecule has 1 unspecified atom stereocenters. The van der Waals surface area contributed by atoms with Crippen LogP contribution in [0.2, 0.25) is 0 Å². The van der Waals surface area contributed by atoms with E-state index in [9.17, 15) is 19.5 Å². The van der Waals surface area contributed by atoms with E-state index in [-0.39, 0.29) is 30.2 Å². The van der Waals surface area contributed by atoms with Gasteiger partial charge in [-0.15, -0.1) is 0 Å². The standard InChI is InChI=1S/C22H23N5O4/c1-25-20-19(21(30)26(2)22(25)31)27(13-24-20)12-18(29)23-11-10-17(28)16-9-5-7-14-6-3-4-8-15(14)16/h3-9,13,17,28H,10-12H2,1-2H3,(H,23,29). The van der Waals surface area contributed by atoms with Crippen LogP contribution in [0.5, 0.6) is 0 Å². The Bertz CT molecular complexity index is 1390. The Kier molecular flexibility index (Phi) is 5.43. The summed E-state index contributed by atoms with van der Waals surface area (Å²) in [6.45, 7) is 0.153.